The molecule has 0 aliphatic carbocycles. The van der Waals surface area contributed by atoms with Crippen LogP contribution in [0.1, 0.15) is 10.4 Å². The van der Waals surface area contributed by atoms with Crippen LogP contribution >= 0.6 is 22.9 Å². The smallest absolute Gasteiger partial charge is 0.406 e. The Hall–Kier alpha value is -2.36. The third-order valence-corrected chi connectivity index (χ3v) is 6.09. The number of nitrogens with zero attached hydrogens (tertiary/aromatic N) is 3. The molecule has 3 aromatic rings. The number of aromatic nitrogens is 1. The summed E-state index contributed by atoms with van der Waals surface area (Å²) in [6.45, 7) is 3.07. The van der Waals surface area contributed by atoms with Crippen LogP contribution in [0.4, 0.5) is 18.3 Å². The van der Waals surface area contributed by atoms with E-state index in [1.54, 1.807) is 11.3 Å². The molecule has 10 heteroatoms. The van der Waals surface area contributed by atoms with Crippen molar-refractivity contribution in [2.45, 2.75) is 6.36 Å². The predicted molar refractivity (Wildman–Crippen MR) is 111 cm³/mol. The third-order valence-electron chi connectivity index (χ3n) is 4.76. The minimum atomic E-state index is -4.75. The Morgan fingerprint density at radius 1 is 1.10 bits per heavy atom. The second kappa shape index (κ2) is 8.41. The summed E-state index contributed by atoms with van der Waals surface area (Å²) < 4.78 is 41.6. The van der Waals surface area contributed by atoms with Crippen molar-refractivity contribution in [2.75, 3.05) is 37.6 Å². The predicted octanol–water partition coefficient (Wildman–Crippen LogP) is 4.85. The number of hydrogen-bond donors (Lipinski definition) is 0. The molecule has 1 saturated heterocycles. The molecule has 1 aliphatic rings. The summed E-state index contributed by atoms with van der Waals surface area (Å²) >= 11 is 7.63. The van der Waals surface area contributed by atoms with E-state index in [4.69, 9.17) is 11.6 Å². The monoisotopic (exact) mass is 455 g/mol. The number of rotatable bonds is 5. The molecule has 0 amide bonds. The summed E-state index contributed by atoms with van der Waals surface area (Å²) in [5, 5.41) is 1.58. The van der Waals surface area contributed by atoms with E-state index in [-0.39, 0.29) is 18.1 Å². The second-order valence-electron chi connectivity index (χ2n) is 6.87. The van der Waals surface area contributed by atoms with Crippen LogP contribution in [-0.2, 0) is 0 Å². The topological polar surface area (TPSA) is 45.7 Å². The number of benzene rings is 2. The van der Waals surface area contributed by atoms with Crippen LogP contribution in [0, 0.1) is 0 Å². The van der Waals surface area contributed by atoms with Gasteiger partial charge in [-0.2, -0.15) is 0 Å². The maximum atomic E-state index is 12.5. The molecule has 2 heterocycles. The van der Waals surface area contributed by atoms with Crippen LogP contribution in [0.2, 0.25) is 5.02 Å². The standard InChI is InChI=1S/C20H17ClF3N3O2S/c21-14-3-6-18-16(11-14)25-19(30-18)27-9-7-26(8-10-27)12-17(28)13-1-4-15(5-2-13)29-20(22,23)24/h1-6,11H,7-10,12H2. The summed E-state index contributed by atoms with van der Waals surface area (Å²) in [5.74, 6) is -0.485. The maximum absolute atomic E-state index is 12.5. The number of alkyl halides is 3. The van der Waals surface area contributed by atoms with Gasteiger partial charge in [0.15, 0.2) is 10.9 Å². The van der Waals surface area contributed by atoms with Crippen LogP contribution in [-0.4, -0.2) is 54.8 Å². The minimum absolute atomic E-state index is 0.142. The van der Waals surface area contributed by atoms with Crippen LogP contribution in [0.5, 0.6) is 5.75 Å². The second-order valence-corrected chi connectivity index (χ2v) is 8.31. The highest BCUT2D eigenvalue weighted by molar-refractivity contribution is 7.22. The molecule has 5 nitrogen and oxygen atoms in total. The number of hydrogen-bond acceptors (Lipinski definition) is 6. The highest BCUT2D eigenvalue weighted by Gasteiger charge is 2.31. The van der Waals surface area contributed by atoms with Gasteiger partial charge in [0.1, 0.15) is 5.75 Å². The van der Waals surface area contributed by atoms with Gasteiger partial charge in [0.2, 0.25) is 0 Å². The quantitative estimate of drug-likeness (QED) is 0.514. The number of thiazole rings is 1. The molecule has 30 heavy (non-hydrogen) atoms. The average Bonchev–Trinajstić information content (AvgIpc) is 3.11. The zero-order valence-electron chi connectivity index (χ0n) is 15.7. The van der Waals surface area contributed by atoms with Gasteiger partial charge in [0.05, 0.1) is 16.8 Å². The van der Waals surface area contributed by atoms with E-state index in [1.807, 2.05) is 23.1 Å². The van der Waals surface area contributed by atoms with E-state index >= 15 is 0 Å². The Bertz CT molecular complexity index is 1050. The number of ether oxygens (including phenoxy) is 1. The number of anilines is 1. The van der Waals surface area contributed by atoms with E-state index in [9.17, 15) is 18.0 Å². The Labute approximate surface area is 179 Å². The van der Waals surface area contributed by atoms with Crippen molar-refractivity contribution in [3.05, 3.63) is 53.1 Å². The van der Waals surface area contributed by atoms with Gasteiger partial charge < -0.3 is 9.64 Å². The normalized spacial score (nSPS) is 15.5. The van der Waals surface area contributed by atoms with Crippen LogP contribution in [0.3, 0.4) is 0 Å². The number of fused-ring (bicyclic) bond motifs is 1. The molecular formula is C20H17ClF3N3O2S. The van der Waals surface area contributed by atoms with Crippen LogP contribution in [0.25, 0.3) is 10.2 Å². The fraction of sp³-hybridized carbons (Fsp3) is 0.300. The molecule has 2 aromatic carbocycles. The van der Waals surface area contributed by atoms with Gasteiger partial charge >= 0.3 is 6.36 Å². The molecule has 1 aliphatic heterocycles. The first-order valence-corrected chi connectivity index (χ1v) is 10.4. The Morgan fingerprint density at radius 3 is 2.47 bits per heavy atom. The molecule has 0 bridgehead atoms. The van der Waals surface area contributed by atoms with Gasteiger partial charge in [0, 0.05) is 36.8 Å². The van der Waals surface area contributed by atoms with Gasteiger partial charge in [-0.3, -0.25) is 9.69 Å². The van der Waals surface area contributed by atoms with Crippen molar-refractivity contribution in [3.63, 3.8) is 0 Å². The fourth-order valence-electron chi connectivity index (χ4n) is 3.26. The molecule has 0 saturated carbocycles. The summed E-state index contributed by atoms with van der Waals surface area (Å²) in [6.07, 6.45) is -4.75. The van der Waals surface area contributed by atoms with Crippen LogP contribution < -0.4 is 9.64 Å². The van der Waals surface area contributed by atoms with Crippen molar-refractivity contribution in [1.29, 1.82) is 0 Å². The highest BCUT2D eigenvalue weighted by atomic mass is 35.5. The van der Waals surface area contributed by atoms with Crippen molar-refractivity contribution < 1.29 is 22.7 Å². The maximum Gasteiger partial charge on any atom is 0.573 e. The largest absolute Gasteiger partial charge is 0.573 e. The van der Waals surface area contributed by atoms with Gasteiger partial charge in [-0.1, -0.05) is 22.9 Å². The number of piperazine rings is 1. The molecule has 4 rings (SSSR count). The van der Waals surface area contributed by atoms with E-state index < -0.39 is 6.36 Å². The number of ketones is 1. The SMILES string of the molecule is O=C(CN1CCN(c2nc3cc(Cl)ccc3s2)CC1)c1ccc(OC(F)(F)F)cc1. The van der Waals surface area contributed by atoms with Crippen molar-refractivity contribution in [2.24, 2.45) is 0 Å². The molecule has 0 N–H and O–H groups in total. The van der Waals surface area contributed by atoms with Gasteiger partial charge in [-0.15, -0.1) is 13.2 Å². The Kier molecular flexibility index (Phi) is 5.86. The van der Waals surface area contributed by atoms with E-state index in [0.29, 0.717) is 23.7 Å². The summed E-state index contributed by atoms with van der Waals surface area (Å²) in [4.78, 5) is 21.3. The molecular weight excluding hydrogens is 439 g/mol. The Balaban J connectivity index is 1.32. The number of carbonyl (C=O) groups excluding carboxylic acids is 1. The Morgan fingerprint density at radius 2 is 1.80 bits per heavy atom. The molecule has 0 radical (unpaired) electrons. The molecule has 158 valence electrons. The lowest BCUT2D eigenvalue weighted by Gasteiger charge is -2.34. The summed E-state index contributed by atoms with van der Waals surface area (Å²) in [5.41, 5.74) is 1.23. The first kappa shape index (κ1) is 20.9. The molecule has 1 aromatic heterocycles. The van der Waals surface area contributed by atoms with E-state index in [1.165, 1.54) is 12.1 Å². The van der Waals surface area contributed by atoms with Crippen LogP contribution in [0.15, 0.2) is 42.5 Å². The first-order chi connectivity index (χ1) is 14.3. The van der Waals surface area contributed by atoms with Gasteiger partial charge in [-0.05, 0) is 42.5 Å². The molecule has 0 unspecified atom stereocenters. The molecule has 1 fully saturated rings. The third kappa shape index (κ3) is 5.03. The van der Waals surface area contributed by atoms with Crippen molar-refractivity contribution >= 4 is 44.1 Å². The van der Waals surface area contributed by atoms with Crippen molar-refractivity contribution in [3.8, 4) is 5.75 Å². The minimum Gasteiger partial charge on any atom is -0.406 e. The molecule has 0 atom stereocenters. The number of halogens is 4. The number of carbonyl (C=O) groups is 1. The average molecular weight is 456 g/mol. The first-order valence-electron chi connectivity index (χ1n) is 9.19. The highest BCUT2D eigenvalue weighted by Crippen LogP contribution is 2.31. The summed E-state index contributed by atoms with van der Waals surface area (Å²) in [7, 11) is 0. The zero-order chi connectivity index (χ0) is 21.3. The zero-order valence-corrected chi connectivity index (χ0v) is 17.2. The lowest BCUT2D eigenvalue weighted by molar-refractivity contribution is -0.274. The summed E-state index contributed by atoms with van der Waals surface area (Å²) in [6, 6.07) is 10.7. The molecule has 0 spiro atoms. The lowest BCUT2D eigenvalue weighted by Crippen LogP contribution is -2.48. The van der Waals surface area contributed by atoms with Crippen molar-refractivity contribution in [1.82, 2.24) is 9.88 Å². The fourth-order valence-corrected chi connectivity index (χ4v) is 4.42. The number of Topliss-reactive ketones (excluding diaryl/α,β-unsaturated/α-hetero) is 1. The lowest BCUT2D eigenvalue weighted by atomic mass is 10.1. The van der Waals surface area contributed by atoms with Gasteiger partial charge in [0.25, 0.3) is 0 Å². The van der Waals surface area contributed by atoms with Gasteiger partial charge in [-0.25, -0.2) is 4.98 Å². The van der Waals surface area contributed by atoms with E-state index in [0.717, 1.165) is 40.6 Å². The van der Waals surface area contributed by atoms with E-state index in [2.05, 4.69) is 14.6 Å².